The molecule has 4 rings (SSSR count). The van der Waals surface area contributed by atoms with Gasteiger partial charge in [-0.05, 0) is 38.8 Å². The van der Waals surface area contributed by atoms with Crippen molar-refractivity contribution in [2.45, 2.75) is 40.3 Å². The third kappa shape index (κ3) is 4.58. The van der Waals surface area contributed by atoms with Crippen LogP contribution in [-0.4, -0.2) is 36.8 Å². The number of benzene rings is 2. The second kappa shape index (κ2) is 9.61. The van der Waals surface area contributed by atoms with Crippen LogP contribution in [-0.2, 0) is 11.3 Å². The van der Waals surface area contributed by atoms with E-state index < -0.39 is 0 Å². The molecule has 1 saturated heterocycles. The maximum absolute atomic E-state index is 13.6. The monoisotopic (exact) mass is 431 g/mol. The van der Waals surface area contributed by atoms with Crippen molar-refractivity contribution < 1.29 is 9.53 Å². The van der Waals surface area contributed by atoms with E-state index >= 15 is 0 Å². The predicted molar refractivity (Wildman–Crippen MR) is 130 cm³/mol. The molecule has 1 amide bonds. The molecule has 1 fully saturated rings. The number of ether oxygens (including phenoxy) is 1. The summed E-state index contributed by atoms with van der Waals surface area (Å²) in [6, 6.07) is 18.6. The lowest BCUT2D eigenvalue weighted by atomic mass is 10.1. The minimum Gasteiger partial charge on any atom is -0.378 e. The molecule has 1 aliphatic rings. The largest absolute Gasteiger partial charge is 0.378 e. The van der Waals surface area contributed by atoms with Crippen molar-refractivity contribution in [2.75, 3.05) is 31.2 Å². The molecule has 0 radical (unpaired) electrons. The highest BCUT2D eigenvalue weighted by atomic mass is 16.5. The molecule has 5 heteroatoms. The summed E-state index contributed by atoms with van der Waals surface area (Å²) in [5.74, 6) is -0.0337. The lowest BCUT2D eigenvalue weighted by Crippen LogP contribution is -2.36. The topological polar surface area (TPSA) is 46.5 Å². The summed E-state index contributed by atoms with van der Waals surface area (Å²) in [4.78, 5) is 15.9. The summed E-state index contributed by atoms with van der Waals surface area (Å²) in [6.07, 6.45) is 0. The second-order valence-corrected chi connectivity index (χ2v) is 8.68. The summed E-state index contributed by atoms with van der Waals surface area (Å²) >= 11 is 0. The van der Waals surface area contributed by atoms with Crippen molar-refractivity contribution in [3.8, 4) is 0 Å². The molecule has 0 unspecified atom stereocenters. The number of hydrogen-bond acceptors (Lipinski definition) is 3. The zero-order chi connectivity index (χ0) is 22.7. The Morgan fingerprint density at radius 2 is 1.66 bits per heavy atom. The average molecular weight is 432 g/mol. The molecule has 32 heavy (non-hydrogen) atoms. The van der Waals surface area contributed by atoms with Crippen LogP contribution in [0.2, 0.25) is 0 Å². The van der Waals surface area contributed by atoms with Crippen LogP contribution in [0.25, 0.3) is 0 Å². The van der Waals surface area contributed by atoms with Gasteiger partial charge >= 0.3 is 0 Å². The van der Waals surface area contributed by atoms with Gasteiger partial charge in [-0.2, -0.15) is 0 Å². The number of carbonyl (C=O) groups excluding carboxylic acids is 1. The molecule has 1 aromatic heterocycles. The number of anilines is 1. The summed E-state index contributed by atoms with van der Waals surface area (Å²) in [5.41, 5.74) is 7.59. The average Bonchev–Trinajstić information content (AvgIpc) is 3.05. The van der Waals surface area contributed by atoms with Crippen LogP contribution in [0.3, 0.4) is 0 Å². The zero-order valence-corrected chi connectivity index (χ0v) is 19.5. The van der Waals surface area contributed by atoms with E-state index in [4.69, 9.17) is 4.74 Å². The lowest BCUT2D eigenvalue weighted by Gasteiger charge is -2.29. The molecular weight excluding hydrogens is 398 g/mol. The molecule has 0 bridgehead atoms. The Morgan fingerprint density at radius 1 is 1.00 bits per heavy atom. The molecule has 0 spiro atoms. The van der Waals surface area contributed by atoms with Crippen LogP contribution in [0.15, 0.2) is 54.6 Å². The standard InChI is InChI=1S/C27H33N3O2/c1-19-10-12-23(13-11-19)18-30-22(4)25(29-14-16-32-17-15-29)20(2)26(30)27(31)28-21(3)24-8-6-5-7-9-24/h5-13,21H,14-18H2,1-4H3,(H,28,31)/t21-/m1/s1. The van der Waals surface area contributed by atoms with Crippen LogP contribution in [0.4, 0.5) is 5.69 Å². The van der Waals surface area contributed by atoms with Crippen molar-refractivity contribution in [2.24, 2.45) is 0 Å². The van der Waals surface area contributed by atoms with E-state index in [1.165, 1.54) is 11.1 Å². The van der Waals surface area contributed by atoms with Gasteiger partial charge in [0.25, 0.3) is 5.91 Å². The van der Waals surface area contributed by atoms with Crippen molar-refractivity contribution >= 4 is 11.6 Å². The van der Waals surface area contributed by atoms with E-state index in [2.05, 4.69) is 59.8 Å². The first kappa shape index (κ1) is 22.2. The quantitative estimate of drug-likeness (QED) is 0.610. The maximum atomic E-state index is 13.6. The van der Waals surface area contributed by atoms with Gasteiger partial charge in [0.1, 0.15) is 5.69 Å². The molecular formula is C27H33N3O2. The Hall–Kier alpha value is -3.05. The summed E-state index contributed by atoms with van der Waals surface area (Å²) in [6.45, 7) is 12.1. The normalized spacial score (nSPS) is 14.9. The molecule has 2 aromatic carbocycles. The molecule has 5 nitrogen and oxygen atoms in total. The molecule has 0 saturated carbocycles. The molecule has 2 heterocycles. The van der Waals surface area contributed by atoms with Gasteiger partial charge in [0.05, 0.1) is 24.9 Å². The Labute approximate surface area is 191 Å². The van der Waals surface area contributed by atoms with Gasteiger partial charge in [-0.25, -0.2) is 0 Å². The first-order valence-corrected chi connectivity index (χ1v) is 11.4. The van der Waals surface area contributed by atoms with Crippen LogP contribution >= 0.6 is 0 Å². The Morgan fingerprint density at radius 3 is 2.31 bits per heavy atom. The lowest BCUT2D eigenvalue weighted by molar-refractivity contribution is 0.0930. The molecule has 0 aliphatic carbocycles. The fraction of sp³-hybridized carbons (Fsp3) is 0.370. The third-order valence-electron chi connectivity index (χ3n) is 6.38. The fourth-order valence-electron chi connectivity index (χ4n) is 4.59. The third-order valence-corrected chi connectivity index (χ3v) is 6.38. The molecule has 1 N–H and O–H groups in total. The minimum atomic E-state index is -0.0713. The highest BCUT2D eigenvalue weighted by Crippen LogP contribution is 2.32. The summed E-state index contributed by atoms with van der Waals surface area (Å²) in [7, 11) is 0. The highest BCUT2D eigenvalue weighted by Gasteiger charge is 2.27. The molecule has 168 valence electrons. The van der Waals surface area contributed by atoms with Crippen molar-refractivity contribution in [1.82, 2.24) is 9.88 Å². The number of carbonyl (C=O) groups is 1. The van der Waals surface area contributed by atoms with Gasteiger partial charge in [0.15, 0.2) is 0 Å². The van der Waals surface area contributed by atoms with Gasteiger partial charge in [-0.1, -0.05) is 60.2 Å². The van der Waals surface area contributed by atoms with E-state index in [1.54, 1.807) is 0 Å². The van der Waals surface area contributed by atoms with Crippen molar-refractivity contribution in [3.05, 3.63) is 88.2 Å². The van der Waals surface area contributed by atoms with Crippen molar-refractivity contribution in [1.29, 1.82) is 0 Å². The number of rotatable bonds is 6. The van der Waals surface area contributed by atoms with Crippen molar-refractivity contribution in [3.63, 3.8) is 0 Å². The summed E-state index contributed by atoms with van der Waals surface area (Å²) in [5, 5.41) is 3.23. The number of nitrogens with one attached hydrogen (secondary N) is 1. The Balaban J connectivity index is 1.71. The van der Waals surface area contributed by atoms with E-state index in [-0.39, 0.29) is 11.9 Å². The minimum absolute atomic E-state index is 0.0337. The number of aryl methyl sites for hydroxylation is 1. The number of morpholine rings is 1. The van der Waals surface area contributed by atoms with E-state index in [0.29, 0.717) is 19.8 Å². The van der Waals surface area contributed by atoms with Crippen LogP contribution in [0.1, 0.15) is 51.4 Å². The van der Waals surface area contributed by atoms with Crippen LogP contribution in [0.5, 0.6) is 0 Å². The van der Waals surface area contributed by atoms with Crippen LogP contribution in [0, 0.1) is 20.8 Å². The highest BCUT2D eigenvalue weighted by molar-refractivity contribution is 5.97. The maximum Gasteiger partial charge on any atom is 0.268 e. The van der Waals surface area contributed by atoms with E-state index in [0.717, 1.165) is 41.3 Å². The van der Waals surface area contributed by atoms with Gasteiger partial charge in [-0.3, -0.25) is 4.79 Å². The predicted octanol–water partition coefficient (Wildman–Crippen LogP) is 4.79. The summed E-state index contributed by atoms with van der Waals surface area (Å²) < 4.78 is 7.74. The second-order valence-electron chi connectivity index (χ2n) is 8.68. The van der Waals surface area contributed by atoms with Gasteiger partial charge < -0.3 is 19.5 Å². The molecule has 3 aromatic rings. The van der Waals surface area contributed by atoms with Gasteiger partial charge in [0.2, 0.25) is 0 Å². The Kier molecular flexibility index (Phi) is 6.66. The number of aromatic nitrogens is 1. The Bertz CT molecular complexity index is 1060. The van der Waals surface area contributed by atoms with Gasteiger partial charge in [0, 0.05) is 30.9 Å². The zero-order valence-electron chi connectivity index (χ0n) is 19.5. The smallest absolute Gasteiger partial charge is 0.268 e. The molecule has 1 atom stereocenters. The number of amides is 1. The number of hydrogen-bond donors (Lipinski definition) is 1. The van der Waals surface area contributed by atoms with Gasteiger partial charge in [-0.15, -0.1) is 0 Å². The fourth-order valence-corrected chi connectivity index (χ4v) is 4.59. The van der Waals surface area contributed by atoms with E-state index in [1.807, 2.05) is 37.3 Å². The SMILES string of the molecule is Cc1ccc(Cn2c(C)c(N3CCOCC3)c(C)c2C(=O)N[C@H](C)c2ccccc2)cc1. The first-order valence-electron chi connectivity index (χ1n) is 11.4. The van der Waals surface area contributed by atoms with Crippen LogP contribution < -0.4 is 10.2 Å². The first-order chi connectivity index (χ1) is 15.5. The number of nitrogens with zero attached hydrogens (tertiary/aromatic N) is 2. The van der Waals surface area contributed by atoms with E-state index in [9.17, 15) is 4.79 Å². The molecule has 1 aliphatic heterocycles.